The van der Waals surface area contributed by atoms with E-state index in [1.807, 2.05) is 29.6 Å². The Morgan fingerprint density at radius 2 is 2.20 bits per heavy atom. The van der Waals surface area contributed by atoms with E-state index in [2.05, 4.69) is 22.4 Å². The molecule has 0 bridgehead atoms. The number of nitrogens with one attached hydrogen (secondary N) is 1. The Labute approximate surface area is 151 Å². The SMILES string of the molecule is CCCCOc1ccccc1C=NNc1nc(CC(=O)OCC)cs1. The van der Waals surface area contributed by atoms with Crippen molar-refractivity contribution in [3.05, 3.63) is 40.9 Å². The van der Waals surface area contributed by atoms with E-state index in [1.54, 1.807) is 13.1 Å². The van der Waals surface area contributed by atoms with E-state index in [-0.39, 0.29) is 12.4 Å². The lowest BCUT2D eigenvalue weighted by Gasteiger charge is -2.07. The van der Waals surface area contributed by atoms with Crippen molar-refractivity contribution in [2.75, 3.05) is 18.6 Å². The zero-order valence-electron chi connectivity index (χ0n) is 14.5. The van der Waals surface area contributed by atoms with Crippen molar-refractivity contribution in [3.8, 4) is 5.75 Å². The highest BCUT2D eigenvalue weighted by molar-refractivity contribution is 7.13. The van der Waals surface area contributed by atoms with Crippen molar-refractivity contribution in [2.45, 2.75) is 33.1 Å². The Bertz CT molecular complexity index is 700. The van der Waals surface area contributed by atoms with Crippen LogP contribution in [0.5, 0.6) is 5.75 Å². The molecule has 0 unspecified atom stereocenters. The lowest BCUT2D eigenvalue weighted by Crippen LogP contribution is -2.07. The van der Waals surface area contributed by atoms with Crippen molar-refractivity contribution < 1.29 is 14.3 Å². The van der Waals surface area contributed by atoms with Gasteiger partial charge in [0.05, 0.1) is 31.5 Å². The van der Waals surface area contributed by atoms with E-state index in [9.17, 15) is 4.79 Å². The third-order valence-electron chi connectivity index (χ3n) is 3.22. The predicted octanol–water partition coefficient (Wildman–Crippen LogP) is 3.87. The second-order valence-electron chi connectivity index (χ2n) is 5.24. The van der Waals surface area contributed by atoms with Gasteiger partial charge >= 0.3 is 5.97 Å². The molecule has 0 saturated heterocycles. The first-order valence-corrected chi connectivity index (χ1v) is 9.21. The Kier molecular flexibility index (Phi) is 7.91. The fraction of sp³-hybridized carbons (Fsp3) is 0.389. The van der Waals surface area contributed by atoms with Crippen molar-refractivity contribution in [3.63, 3.8) is 0 Å². The van der Waals surface area contributed by atoms with Crippen LogP contribution in [0.2, 0.25) is 0 Å². The molecule has 1 aromatic carbocycles. The zero-order chi connectivity index (χ0) is 17.9. The lowest BCUT2D eigenvalue weighted by molar-refractivity contribution is -0.142. The van der Waals surface area contributed by atoms with E-state index < -0.39 is 0 Å². The van der Waals surface area contributed by atoms with Gasteiger partial charge < -0.3 is 9.47 Å². The molecule has 0 aliphatic rings. The van der Waals surface area contributed by atoms with E-state index in [0.29, 0.717) is 24.0 Å². The summed E-state index contributed by atoms with van der Waals surface area (Å²) in [5.41, 5.74) is 4.45. The number of ether oxygens (including phenoxy) is 2. The number of benzene rings is 1. The van der Waals surface area contributed by atoms with Crippen LogP contribution in [0.15, 0.2) is 34.7 Å². The van der Waals surface area contributed by atoms with Crippen LogP contribution >= 0.6 is 11.3 Å². The molecule has 1 heterocycles. The highest BCUT2D eigenvalue weighted by Crippen LogP contribution is 2.18. The van der Waals surface area contributed by atoms with Crippen molar-refractivity contribution in [1.82, 2.24) is 4.98 Å². The number of hydrazone groups is 1. The summed E-state index contributed by atoms with van der Waals surface area (Å²) < 4.78 is 10.7. The molecule has 2 rings (SSSR count). The number of hydrogen-bond acceptors (Lipinski definition) is 7. The standard InChI is InChI=1S/C18H23N3O3S/c1-3-5-10-24-16-9-7-6-8-14(16)12-19-21-18-20-15(13-25-18)11-17(22)23-4-2/h6-9,12-13H,3-5,10-11H2,1-2H3,(H,20,21). The predicted molar refractivity (Wildman–Crippen MR) is 101 cm³/mol. The number of hydrogen-bond donors (Lipinski definition) is 1. The van der Waals surface area contributed by atoms with Crippen molar-refractivity contribution in [1.29, 1.82) is 0 Å². The van der Waals surface area contributed by atoms with Crippen molar-refractivity contribution in [2.24, 2.45) is 5.10 Å². The second kappa shape index (κ2) is 10.5. The molecule has 1 N–H and O–H groups in total. The van der Waals surface area contributed by atoms with Gasteiger partial charge in [-0.15, -0.1) is 11.3 Å². The molecular formula is C18H23N3O3S. The van der Waals surface area contributed by atoms with E-state index in [1.165, 1.54) is 11.3 Å². The highest BCUT2D eigenvalue weighted by atomic mass is 32.1. The van der Waals surface area contributed by atoms with Gasteiger partial charge in [0.2, 0.25) is 5.13 Å². The van der Waals surface area contributed by atoms with Crippen LogP contribution < -0.4 is 10.2 Å². The first-order valence-electron chi connectivity index (χ1n) is 8.33. The van der Waals surface area contributed by atoms with Gasteiger partial charge in [0.25, 0.3) is 0 Å². The largest absolute Gasteiger partial charge is 0.493 e. The quantitative estimate of drug-likeness (QED) is 0.301. The van der Waals surface area contributed by atoms with Crippen LogP contribution in [-0.2, 0) is 16.0 Å². The second-order valence-corrected chi connectivity index (χ2v) is 6.09. The van der Waals surface area contributed by atoms with Gasteiger partial charge in [-0.1, -0.05) is 25.5 Å². The Morgan fingerprint density at radius 3 is 3.00 bits per heavy atom. The number of unbranched alkanes of at least 4 members (excludes halogenated alkanes) is 1. The number of para-hydroxylation sites is 1. The molecule has 2 aromatic rings. The molecule has 0 radical (unpaired) electrons. The van der Waals surface area contributed by atoms with Crippen LogP contribution in [0.25, 0.3) is 0 Å². The van der Waals surface area contributed by atoms with Crippen molar-refractivity contribution >= 4 is 28.7 Å². The third kappa shape index (κ3) is 6.54. The molecule has 7 heteroatoms. The van der Waals surface area contributed by atoms with Gasteiger partial charge in [-0.2, -0.15) is 5.10 Å². The van der Waals surface area contributed by atoms with Gasteiger partial charge in [-0.25, -0.2) is 4.98 Å². The zero-order valence-corrected chi connectivity index (χ0v) is 15.3. The average Bonchev–Trinajstić information content (AvgIpc) is 3.04. The number of carbonyl (C=O) groups excluding carboxylic acids is 1. The maximum Gasteiger partial charge on any atom is 0.311 e. The number of esters is 1. The minimum absolute atomic E-state index is 0.170. The number of rotatable bonds is 10. The monoisotopic (exact) mass is 361 g/mol. The Hall–Kier alpha value is -2.41. The fourth-order valence-electron chi connectivity index (χ4n) is 2.00. The maximum atomic E-state index is 11.4. The normalized spacial score (nSPS) is 10.8. The molecule has 0 spiro atoms. The van der Waals surface area contributed by atoms with Crippen LogP contribution in [-0.4, -0.2) is 30.4 Å². The molecule has 0 saturated carbocycles. The van der Waals surface area contributed by atoms with Crippen LogP contribution in [0.1, 0.15) is 37.9 Å². The summed E-state index contributed by atoms with van der Waals surface area (Å²) in [7, 11) is 0. The summed E-state index contributed by atoms with van der Waals surface area (Å²) >= 11 is 1.39. The summed E-state index contributed by atoms with van der Waals surface area (Å²) in [6.07, 6.45) is 3.99. The summed E-state index contributed by atoms with van der Waals surface area (Å²) in [4.78, 5) is 15.8. The van der Waals surface area contributed by atoms with Gasteiger partial charge in [-0.05, 0) is 25.5 Å². The molecule has 0 aliphatic carbocycles. The van der Waals surface area contributed by atoms with Gasteiger partial charge in [-0.3, -0.25) is 10.2 Å². The maximum absolute atomic E-state index is 11.4. The van der Waals surface area contributed by atoms with Crippen LogP contribution in [0.3, 0.4) is 0 Å². The molecule has 134 valence electrons. The molecule has 0 amide bonds. The Balaban J connectivity index is 1.91. The van der Waals surface area contributed by atoms with E-state index in [4.69, 9.17) is 9.47 Å². The van der Waals surface area contributed by atoms with E-state index in [0.717, 1.165) is 24.2 Å². The number of thiazole rings is 1. The first kappa shape index (κ1) is 18.9. The first-order chi connectivity index (χ1) is 12.2. The topological polar surface area (TPSA) is 72.8 Å². The van der Waals surface area contributed by atoms with Gasteiger partial charge in [0, 0.05) is 10.9 Å². The van der Waals surface area contributed by atoms with Gasteiger partial charge in [0.1, 0.15) is 5.75 Å². The molecule has 25 heavy (non-hydrogen) atoms. The van der Waals surface area contributed by atoms with Crippen LogP contribution in [0, 0.1) is 0 Å². The molecule has 1 aromatic heterocycles. The lowest BCUT2D eigenvalue weighted by atomic mass is 10.2. The number of aromatic nitrogens is 1. The number of anilines is 1. The minimum atomic E-state index is -0.277. The number of carbonyl (C=O) groups is 1. The summed E-state index contributed by atoms with van der Waals surface area (Å²) in [5, 5.41) is 6.65. The summed E-state index contributed by atoms with van der Waals surface area (Å²) in [5.74, 6) is 0.532. The molecule has 6 nitrogen and oxygen atoms in total. The average molecular weight is 361 g/mol. The third-order valence-corrected chi connectivity index (χ3v) is 4.02. The Morgan fingerprint density at radius 1 is 1.36 bits per heavy atom. The summed E-state index contributed by atoms with van der Waals surface area (Å²) in [6.45, 7) is 4.98. The van der Waals surface area contributed by atoms with Crippen LogP contribution in [0.4, 0.5) is 5.13 Å². The molecule has 0 aliphatic heterocycles. The minimum Gasteiger partial charge on any atom is -0.493 e. The molecule has 0 fully saturated rings. The van der Waals surface area contributed by atoms with Gasteiger partial charge in [0.15, 0.2) is 0 Å². The fourth-order valence-corrected chi connectivity index (χ4v) is 2.66. The smallest absolute Gasteiger partial charge is 0.311 e. The highest BCUT2D eigenvalue weighted by Gasteiger charge is 2.08. The molecule has 0 atom stereocenters. The molecular weight excluding hydrogens is 338 g/mol. The van der Waals surface area contributed by atoms with E-state index >= 15 is 0 Å². The number of nitrogens with zero attached hydrogens (tertiary/aromatic N) is 2. The summed E-state index contributed by atoms with van der Waals surface area (Å²) in [6, 6.07) is 7.75.